The van der Waals surface area contributed by atoms with Crippen molar-refractivity contribution < 1.29 is 14.7 Å². The van der Waals surface area contributed by atoms with Gasteiger partial charge in [-0.3, -0.25) is 9.59 Å². The Bertz CT molecular complexity index is 379. The molecule has 4 nitrogen and oxygen atoms in total. The zero-order chi connectivity index (χ0) is 11.3. The van der Waals surface area contributed by atoms with E-state index in [0.29, 0.717) is 5.56 Å². The Morgan fingerprint density at radius 1 is 1.40 bits per heavy atom. The number of carboxylic acid groups (broad SMARTS) is 1. The van der Waals surface area contributed by atoms with Crippen molar-refractivity contribution in [2.75, 3.05) is 6.54 Å². The van der Waals surface area contributed by atoms with E-state index in [4.69, 9.17) is 5.11 Å². The van der Waals surface area contributed by atoms with Gasteiger partial charge in [0.2, 0.25) is 0 Å². The number of hydrogen-bond acceptors (Lipinski definition) is 2. The van der Waals surface area contributed by atoms with Crippen molar-refractivity contribution in [2.24, 2.45) is 0 Å². The topological polar surface area (TPSA) is 66.4 Å². The summed E-state index contributed by atoms with van der Waals surface area (Å²) in [6, 6.07) is 7.11. The number of carbonyl (C=O) groups excluding carboxylic acids is 1. The summed E-state index contributed by atoms with van der Waals surface area (Å²) < 4.78 is 0.971. The number of halogens is 1. The van der Waals surface area contributed by atoms with E-state index in [-0.39, 0.29) is 18.9 Å². The van der Waals surface area contributed by atoms with E-state index in [1.807, 2.05) is 6.07 Å². The summed E-state index contributed by atoms with van der Waals surface area (Å²) >= 11 is 2.11. The fourth-order valence-corrected chi connectivity index (χ4v) is 1.56. The van der Waals surface area contributed by atoms with Crippen molar-refractivity contribution in [2.45, 2.75) is 6.42 Å². The van der Waals surface area contributed by atoms with Gasteiger partial charge in [0.05, 0.1) is 6.42 Å². The van der Waals surface area contributed by atoms with E-state index < -0.39 is 5.97 Å². The van der Waals surface area contributed by atoms with Gasteiger partial charge in [-0.2, -0.15) is 0 Å². The molecule has 1 aromatic carbocycles. The minimum atomic E-state index is -0.919. The van der Waals surface area contributed by atoms with E-state index in [1.165, 1.54) is 0 Å². The van der Waals surface area contributed by atoms with Gasteiger partial charge >= 0.3 is 5.97 Å². The van der Waals surface area contributed by atoms with Gasteiger partial charge in [-0.1, -0.05) is 6.07 Å². The molecule has 0 aliphatic heterocycles. The van der Waals surface area contributed by atoms with Crippen molar-refractivity contribution in [3.63, 3.8) is 0 Å². The molecule has 0 fully saturated rings. The average molecular weight is 319 g/mol. The highest BCUT2D eigenvalue weighted by Crippen LogP contribution is 2.07. The summed E-state index contributed by atoms with van der Waals surface area (Å²) in [5.41, 5.74) is 0.548. The van der Waals surface area contributed by atoms with Gasteiger partial charge in [-0.15, -0.1) is 0 Å². The van der Waals surface area contributed by atoms with Gasteiger partial charge in [0.25, 0.3) is 5.91 Å². The molecular weight excluding hydrogens is 309 g/mol. The average Bonchev–Trinajstić information content (AvgIpc) is 2.17. The van der Waals surface area contributed by atoms with Gasteiger partial charge in [0.15, 0.2) is 0 Å². The van der Waals surface area contributed by atoms with Crippen molar-refractivity contribution in [3.8, 4) is 0 Å². The second-order valence-corrected chi connectivity index (χ2v) is 4.16. The summed E-state index contributed by atoms with van der Waals surface area (Å²) in [6.45, 7) is 0.152. The summed E-state index contributed by atoms with van der Waals surface area (Å²) in [5, 5.41) is 10.9. The van der Waals surface area contributed by atoms with Gasteiger partial charge < -0.3 is 10.4 Å². The predicted molar refractivity (Wildman–Crippen MR) is 63.7 cm³/mol. The van der Waals surface area contributed by atoms with Crippen LogP contribution in [0.15, 0.2) is 24.3 Å². The molecule has 0 heterocycles. The van der Waals surface area contributed by atoms with Crippen LogP contribution < -0.4 is 5.32 Å². The molecule has 0 unspecified atom stereocenters. The monoisotopic (exact) mass is 319 g/mol. The quantitative estimate of drug-likeness (QED) is 0.827. The molecule has 0 aromatic heterocycles. The van der Waals surface area contributed by atoms with Crippen LogP contribution in [0.25, 0.3) is 0 Å². The van der Waals surface area contributed by atoms with Crippen molar-refractivity contribution >= 4 is 34.5 Å². The van der Waals surface area contributed by atoms with E-state index in [1.54, 1.807) is 18.2 Å². The lowest BCUT2D eigenvalue weighted by Crippen LogP contribution is -2.25. The first-order valence-electron chi connectivity index (χ1n) is 4.35. The first-order chi connectivity index (χ1) is 7.09. The molecule has 2 N–H and O–H groups in total. The molecule has 0 saturated heterocycles. The van der Waals surface area contributed by atoms with Gasteiger partial charge in [-0.25, -0.2) is 0 Å². The summed E-state index contributed by atoms with van der Waals surface area (Å²) in [6.07, 6.45) is -0.0599. The molecule has 0 radical (unpaired) electrons. The molecular formula is C10H10INO3. The molecule has 0 spiro atoms. The highest BCUT2D eigenvalue weighted by atomic mass is 127. The van der Waals surface area contributed by atoms with Crippen LogP contribution >= 0.6 is 22.6 Å². The van der Waals surface area contributed by atoms with Crippen LogP contribution in [0.3, 0.4) is 0 Å². The van der Waals surface area contributed by atoms with Crippen molar-refractivity contribution in [3.05, 3.63) is 33.4 Å². The second-order valence-electron chi connectivity index (χ2n) is 2.91. The van der Waals surface area contributed by atoms with E-state index in [0.717, 1.165) is 3.57 Å². The molecule has 1 aromatic rings. The van der Waals surface area contributed by atoms with Crippen molar-refractivity contribution in [1.29, 1.82) is 0 Å². The maximum absolute atomic E-state index is 11.5. The normalized spacial score (nSPS) is 9.67. The van der Waals surface area contributed by atoms with Crippen LogP contribution in [0.5, 0.6) is 0 Å². The van der Waals surface area contributed by atoms with E-state index in [2.05, 4.69) is 27.9 Å². The van der Waals surface area contributed by atoms with Gasteiger partial charge in [0.1, 0.15) is 0 Å². The molecule has 0 aliphatic rings. The number of carboxylic acids is 1. The zero-order valence-corrected chi connectivity index (χ0v) is 10.0. The zero-order valence-electron chi connectivity index (χ0n) is 7.87. The minimum Gasteiger partial charge on any atom is -0.481 e. The number of rotatable bonds is 4. The number of carbonyl (C=O) groups is 2. The van der Waals surface area contributed by atoms with Crippen LogP contribution in [0.1, 0.15) is 16.8 Å². The third-order valence-electron chi connectivity index (χ3n) is 1.71. The molecule has 1 rings (SSSR count). The Balaban J connectivity index is 2.50. The minimum absolute atomic E-state index is 0.0599. The molecule has 0 atom stereocenters. The Morgan fingerprint density at radius 3 is 2.73 bits per heavy atom. The van der Waals surface area contributed by atoms with Crippen molar-refractivity contribution in [1.82, 2.24) is 5.32 Å². The van der Waals surface area contributed by atoms with Crippen LogP contribution in [0.2, 0.25) is 0 Å². The third-order valence-corrected chi connectivity index (χ3v) is 2.38. The Kier molecular flexibility index (Phi) is 4.54. The van der Waals surface area contributed by atoms with Gasteiger partial charge in [-0.05, 0) is 40.8 Å². The van der Waals surface area contributed by atoms with Gasteiger partial charge in [0, 0.05) is 15.7 Å². The second kappa shape index (κ2) is 5.69. The SMILES string of the molecule is O=C(O)CCNC(=O)c1cccc(I)c1. The van der Waals surface area contributed by atoms with E-state index >= 15 is 0 Å². The lowest BCUT2D eigenvalue weighted by Gasteiger charge is -2.03. The number of benzene rings is 1. The Hall–Kier alpha value is -1.11. The molecule has 0 bridgehead atoms. The number of hydrogen-bond donors (Lipinski definition) is 2. The van der Waals surface area contributed by atoms with Crippen LogP contribution in [0, 0.1) is 3.57 Å². The summed E-state index contributed by atoms with van der Waals surface area (Å²) in [4.78, 5) is 21.7. The van der Waals surface area contributed by atoms with Crippen LogP contribution in [0.4, 0.5) is 0 Å². The maximum Gasteiger partial charge on any atom is 0.305 e. The largest absolute Gasteiger partial charge is 0.481 e. The molecule has 0 aliphatic carbocycles. The Labute approximate surface area is 101 Å². The van der Waals surface area contributed by atoms with Crippen LogP contribution in [-0.2, 0) is 4.79 Å². The summed E-state index contributed by atoms with van der Waals surface area (Å²) in [7, 11) is 0. The highest BCUT2D eigenvalue weighted by Gasteiger charge is 2.05. The predicted octanol–water partition coefficient (Wildman–Crippen LogP) is 1.50. The lowest BCUT2D eigenvalue weighted by atomic mass is 10.2. The molecule has 80 valence electrons. The van der Waals surface area contributed by atoms with Crippen LogP contribution in [-0.4, -0.2) is 23.5 Å². The first-order valence-corrected chi connectivity index (χ1v) is 5.43. The fraction of sp³-hybridized carbons (Fsp3) is 0.200. The third kappa shape index (κ3) is 4.28. The lowest BCUT2D eigenvalue weighted by molar-refractivity contribution is -0.136. The molecule has 5 heteroatoms. The first kappa shape index (κ1) is 12.0. The highest BCUT2D eigenvalue weighted by molar-refractivity contribution is 14.1. The van der Waals surface area contributed by atoms with E-state index in [9.17, 15) is 9.59 Å². The standard InChI is InChI=1S/C10H10INO3/c11-8-3-1-2-7(6-8)10(15)12-5-4-9(13)14/h1-3,6H,4-5H2,(H,12,15)(H,13,14). The number of aliphatic carboxylic acids is 1. The summed E-state index contributed by atoms with van der Waals surface area (Å²) in [5.74, 6) is -1.16. The number of nitrogens with one attached hydrogen (secondary N) is 1. The smallest absolute Gasteiger partial charge is 0.305 e. The molecule has 15 heavy (non-hydrogen) atoms. The maximum atomic E-state index is 11.5. The fourth-order valence-electron chi connectivity index (χ4n) is 1.01. The number of amides is 1. The Morgan fingerprint density at radius 2 is 2.13 bits per heavy atom. The molecule has 0 saturated carbocycles. The molecule has 1 amide bonds.